The monoisotopic (exact) mass is 296 g/mol. The van der Waals surface area contributed by atoms with Crippen LogP contribution in [0.15, 0.2) is 21.4 Å². The van der Waals surface area contributed by atoms with Crippen molar-refractivity contribution in [3.8, 4) is 0 Å². The molecule has 1 N–H and O–H groups in total. The van der Waals surface area contributed by atoms with Gasteiger partial charge in [-0.3, -0.25) is 19.1 Å². The lowest BCUT2D eigenvalue weighted by Crippen LogP contribution is -2.28. The van der Waals surface area contributed by atoms with Crippen LogP contribution in [0.1, 0.15) is 19.4 Å². The quantitative estimate of drug-likeness (QED) is 0.458. The normalized spacial score (nSPS) is 11.1. The van der Waals surface area contributed by atoms with E-state index in [4.69, 9.17) is 4.74 Å². The van der Waals surface area contributed by atoms with Crippen molar-refractivity contribution in [1.29, 1.82) is 0 Å². The molecule has 0 saturated heterocycles. The molecule has 0 aliphatic heterocycles. The van der Waals surface area contributed by atoms with Gasteiger partial charge in [0.25, 0.3) is 5.56 Å². The Labute approximate surface area is 120 Å². The maximum Gasteiger partial charge on any atom is 0.335 e. The molecule has 0 unspecified atom stereocenters. The Kier molecular flexibility index (Phi) is 5.65. The molecule has 0 atom stereocenters. The van der Waals surface area contributed by atoms with Crippen molar-refractivity contribution in [1.82, 2.24) is 9.55 Å². The van der Waals surface area contributed by atoms with Crippen LogP contribution in [-0.4, -0.2) is 34.7 Å². The zero-order chi connectivity index (χ0) is 16.0. The highest BCUT2D eigenvalue weighted by atomic mass is 16.6. The summed E-state index contributed by atoms with van der Waals surface area (Å²) in [6, 6.07) is 0. The highest BCUT2D eigenvalue weighted by molar-refractivity contribution is 5.91. The van der Waals surface area contributed by atoms with Crippen LogP contribution in [0.5, 0.6) is 0 Å². The molecule has 0 bridgehead atoms. The molecule has 1 aromatic heterocycles. The first-order valence-electron chi connectivity index (χ1n) is 6.12. The van der Waals surface area contributed by atoms with Gasteiger partial charge in [-0.05, 0) is 13.8 Å². The van der Waals surface area contributed by atoms with Crippen LogP contribution in [0.2, 0.25) is 0 Å². The molecule has 0 aliphatic carbocycles. The number of esters is 2. The Morgan fingerprint density at radius 2 is 1.86 bits per heavy atom. The van der Waals surface area contributed by atoms with Gasteiger partial charge in [-0.15, -0.1) is 0 Å². The second kappa shape index (κ2) is 7.22. The number of ether oxygens (including phenoxy) is 2. The number of hydrogen-bond donors (Lipinski definition) is 1. The van der Waals surface area contributed by atoms with Crippen LogP contribution in [0.3, 0.4) is 0 Å². The lowest BCUT2D eigenvalue weighted by Gasteiger charge is -2.06. The van der Waals surface area contributed by atoms with Gasteiger partial charge in [0.15, 0.2) is 0 Å². The topological polar surface area (TPSA) is 107 Å². The van der Waals surface area contributed by atoms with Crippen molar-refractivity contribution in [2.75, 3.05) is 13.2 Å². The van der Waals surface area contributed by atoms with E-state index >= 15 is 0 Å². The van der Waals surface area contributed by atoms with Crippen LogP contribution >= 0.6 is 0 Å². The summed E-state index contributed by atoms with van der Waals surface area (Å²) in [6.45, 7) is 4.13. The van der Waals surface area contributed by atoms with Crippen molar-refractivity contribution in [3.63, 3.8) is 0 Å². The summed E-state index contributed by atoms with van der Waals surface area (Å²) in [7, 11) is 0. The van der Waals surface area contributed by atoms with E-state index in [1.807, 2.05) is 0 Å². The van der Waals surface area contributed by atoms with E-state index in [0.29, 0.717) is 5.56 Å². The fourth-order valence-electron chi connectivity index (χ4n) is 1.38. The maximum absolute atomic E-state index is 11.6. The molecule has 1 heterocycles. The molecule has 1 aromatic rings. The molecule has 0 fully saturated rings. The van der Waals surface area contributed by atoms with E-state index in [1.54, 1.807) is 0 Å². The van der Waals surface area contributed by atoms with E-state index < -0.39 is 23.2 Å². The second-order valence-electron chi connectivity index (χ2n) is 4.27. The Hall–Kier alpha value is -2.64. The van der Waals surface area contributed by atoms with E-state index in [9.17, 15) is 19.2 Å². The molecule has 8 nitrogen and oxygen atoms in total. The molecule has 1 rings (SSSR count). The molecular formula is C13H16N2O6. The largest absolute Gasteiger partial charge is 0.462 e. The van der Waals surface area contributed by atoms with Crippen molar-refractivity contribution < 1.29 is 19.1 Å². The van der Waals surface area contributed by atoms with Gasteiger partial charge in [-0.25, -0.2) is 9.59 Å². The molecule has 114 valence electrons. The van der Waals surface area contributed by atoms with Gasteiger partial charge in [0.2, 0.25) is 0 Å². The molecule has 8 heteroatoms. The molecule has 21 heavy (non-hydrogen) atoms. The molecule has 0 spiro atoms. The van der Waals surface area contributed by atoms with Gasteiger partial charge in [0.05, 0.1) is 5.57 Å². The second-order valence-corrected chi connectivity index (χ2v) is 4.27. The molecule has 0 radical (unpaired) electrons. The minimum Gasteiger partial charge on any atom is -0.462 e. The summed E-state index contributed by atoms with van der Waals surface area (Å²) in [5.41, 5.74) is -0.642. The Balaban J connectivity index is 2.74. The fourth-order valence-corrected chi connectivity index (χ4v) is 1.38. The predicted octanol–water partition coefficient (Wildman–Crippen LogP) is -0.188. The Morgan fingerprint density at radius 3 is 2.48 bits per heavy atom. The predicted molar refractivity (Wildman–Crippen MR) is 73.6 cm³/mol. The Morgan fingerprint density at radius 1 is 1.24 bits per heavy atom. The fraction of sp³-hybridized carbons (Fsp3) is 0.385. The van der Waals surface area contributed by atoms with E-state index in [1.165, 1.54) is 33.2 Å². The van der Waals surface area contributed by atoms with Crippen molar-refractivity contribution in [2.24, 2.45) is 0 Å². The van der Waals surface area contributed by atoms with E-state index in [-0.39, 0.29) is 18.8 Å². The first-order chi connectivity index (χ1) is 9.81. The van der Waals surface area contributed by atoms with Crippen molar-refractivity contribution >= 4 is 18.1 Å². The third-order valence-electron chi connectivity index (χ3n) is 2.42. The SMILES string of the molecule is CC(=O)OCCOC(=O)C(C)=Cn1cc(C)c(=O)[nH]c1=O. The summed E-state index contributed by atoms with van der Waals surface area (Å²) in [5, 5.41) is 0. The van der Waals surface area contributed by atoms with E-state index in [2.05, 4.69) is 9.72 Å². The number of rotatable bonds is 5. The van der Waals surface area contributed by atoms with E-state index in [0.717, 1.165) is 4.57 Å². The minimum absolute atomic E-state index is 0.0356. The number of aromatic nitrogens is 2. The minimum atomic E-state index is -0.655. The highest BCUT2D eigenvalue weighted by Gasteiger charge is 2.07. The summed E-state index contributed by atoms with van der Waals surface area (Å²) in [5.74, 6) is -1.12. The molecular weight excluding hydrogens is 280 g/mol. The van der Waals surface area contributed by atoms with Crippen LogP contribution in [-0.2, 0) is 19.1 Å². The maximum atomic E-state index is 11.6. The van der Waals surface area contributed by atoms with Crippen LogP contribution in [0, 0.1) is 6.92 Å². The van der Waals surface area contributed by atoms with Gasteiger partial charge in [0.1, 0.15) is 13.2 Å². The van der Waals surface area contributed by atoms with Crippen LogP contribution in [0.4, 0.5) is 0 Å². The highest BCUT2D eigenvalue weighted by Crippen LogP contribution is 1.99. The van der Waals surface area contributed by atoms with Gasteiger partial charge in [-0.2, -0.15) is 0 Å². The zero-order valence-corrected chi connectivity index (χ0v) is 12.0. The molecule has 0 aliphatic rings. The van der Waals surface area contributed by atoms with Gasteiger partial charge < -0.3 is 9.47 Å². The number of aryl methyl sites for hydroxylation is 1. The summed E-state index contributed by atoms with van der Waals surface area (Å²) in [6.07, 6.45) is 2.57. The zero-order valence-electron chi connectivity index (χ0n) is 12.0. The van der Waals surface area contributed by atoms with Crippen LogP contribution < -0.4 is 11.2 Å². The number of carbonyl (C=O) groups is 2. The number of H-pyrrole nitrogens is 1. The number of carbonyl (C=O) groups excluding carboxylic acids is 2. The first kappa shape index (κ1) is 16.4. The summed E-state index contributed by atoms with van der Waals surface area (Å²) < 4.78 is 10.5. The summed E-state index contributed by atoms with van der Waals surface area (Å²) in [4.78, 5) is 47.0. The van der Waals surface area contributed by atoms with Crippen LogP contribution in [0.25, 0.3) is 6.20 Å². The third-order valence-corrected chi connectivity index (χ3v) is 2.42. The first-order valence-corrected chi connectivity index (χ1v) is 6.12. The van der Waals surface area contributed by atoms with Crippen molar-refractivity contribution in [3.05, 3.63) is 38.2 Å². The van der Waals surface area contributed by atoms with Gasteiger partial charge >= 0.3 is 17.6 Å². The summed E-state index contributed by atoms with van der Waals surface area (Å²) >= 11 is 0. The lowest BCUT2D eigenvalue weighted by atomic mass is 10.3. The average Bonchev–Trinajstić information content (AvgIpc) is 2.40. The number of aromatic amines is 1. The smallest absolute Gasteiger partial charge is 0.335 e. The Bertz CT molecular complexity index is 683. The molecule has 0 aromatic carbocycles. The standard InChI is InChI=1S/C13H16N2O6/c1-8-6-15(13(19)14-11(8)17)7-9(2)12(18)21-5-4-20-10(3)16/h6-7H,4-5H2,1-3H3,(H,14,17,19). The number of nitrogens with zero attached hydrogens (tertiary/aromatic N) is 1. The third kappa shape index (κ3) is 5.09. The van der Waals surface area contributed by atoms with Gasteiger partial charge in [-0.1, -0.05) is 0 Å². The average molecular weight is 296 g/mol. The number of hydrogen-bond acceptors (Lipinski definition) is 6. The molecule has 0 saturated carbocycles. The number of nitrogens with one attached hydrogen (secondary N) is 1. The molecule has 0 amide bonds. The lowest BCUT2D eigenvalue weighted by molar-refractivity contribution is -0.148. The van der Waals surface area contributed by atoms with Crippen molar-refractivity contribution in [2.45, 2.75) is 20.8 Å². The van der Waals surface area contributed by atoms with Gasteiger partial charge in [0, 0.05) is 24.9 Å².